The Morgan fingerprint density at radius 3 is 2.78 bits per heavy atom. The molecule has 0 atom stereocenters. The maximum atomic E-state index is 11.6. The molecule has 0 bridgehead atoms. The number of aromatic nitrogens is 1. The summed E-state index contributed by atoms with van der Waals surface area (Å²) in [5.74, 6) is 0.678. The van der Waals surface area contributed by atoms with Crippen molar-refractivity contribution < 1.29 is 9.84 Å². The molecule has 2 aromatic rings. The van der Waals surface area contributed by atoms with Gasteiger partial charge in [-0.3, -0.25) is 4.79 Å². The number of nitrogens with zero attached hydrogens (tertiary/aromatic N) is 1. The number of rotatable bonds is 4. The normalized spacial score (nSPS) is 10.3. The fourth-order valence-electron chi connectivity index (χ4n) is 1.79. The van der Waals surface area contributed by atoms with Crippen molar-refractivity contribution in [3.63, 3.8) is 0 Å². The zero-order valence-corrected chi connectivity index (χ0v) is 10.2. The van der Waals surface area contributed by atoms with Crippen LogP contribution in [0.2, 0.25) is 0 Å². The van der Waals surface area contributed by atoms with E-state index in [1.807, 2.05) is 18.2 Å². The van der Waals surface area contributed by atoms with Crippen LogP contribution in [0.15, 0.2) is 47.4 Å². The first kappa shape index (κ1) is 12.4. The Balaban J connectivity index is 2.35. The van der Waals surface area contributed by atoms with Crippen molar-refractivity contribution in [1.82, 2.24) is 4.57 Å². The molecule has 2 rings (SSSR count). The molecular formula is C14H15NO3. The van der Waals surface area contributed by atoms with Crippen LogP contribution in [0, 0.1) is 0 Å². The largest absolute Gasteiger partial charge is 0.496 e. The average molecular weight is 245 g/mol. The molecule has 4 heteroatoms. The molecule has 0 aliphatic carbocycles. The third-order valence-corrected chi connectivity index (χ3v) is 2.77. The summed E-state index contributed by atoms with van der Waals surface area (Å²) in [5, 5.41) is 9.07. The van der Waals surface area contributed by atoms with E-state index in [2.05, 4.69) is 0 Å². The molecule has 0 spiro atoms. The van der Waals surface area contributed by atoms with Crippen molar-refractivity contribution in [1.29, 1.82) is 0 Å². The minimum absolute atomic E-state index is 0.0259. The smallest absolute Gasteiger partial charge is 0.250 e. The molecule has 1 heterocycles. The van der Waals surface area contributed by atoms with Gasteiger partial charge in [0.1, 0.15) is 5.75 Å². The second kappa shape index (κ2) is 5.51. The highest BCUT2D eigenvalue weighted by Crippen LogP contribution is 2.20. The number of benzene rings is 1. The van der Waals surface area contributed by atoms with Crippen LogP contribution < -0.4 is 10.3 Å². The Hall–Kier alpha value is -2.07. The fraction of sp³-hybridized carbons (Fsp3) is 0.214. The predicted molar refractivity (Wildman–Crippen MR) is 68.7 cm³/mol. The van der Waals surface area contributed by atoms with Gasteiger partial charge < -0.3 is 14.4 Å². The van der Waals surface area contributed by atoms with Crippen molar-refractivity contribution in [2.45, 2.75) is 13.2 Å². The number of aliphatic hydroxyl groups excluding tert-OH is 1. The summed E-state index contributed by atoms with van der Waals surface area (Å²) >= 11 is 0. The van der Waals surface area contributed by atoms with Gasteiger partial charge in [0.05, 0.1) is 20.3 Å². The standard InChI is InChI=1S/C14H15NO3/c1-18-13-8-11(10-16)5-6-12(13)9-15-7-3-2-4-14(15)17/h2-8,16H,9-10H2,1H3. The van der Waals surface area contributed by atoms with Crippen molar-refractivity contribution in [2.75, 3.05) is 7.11 Å². The molecule has 0 saturated heterocycles. The Bertz CT molecular complexity index is 590. The number of ether oxygens (including phenoxy) is 1. The minimum atomic E-state index is -0.0502. The van der Waals surface area contributed by atoms with Gasteiger partial charge in [-0.1, -0.05) is 18.2 Å². The van der Waals surface area contributed by atoms with E-state index < -0.39 is 0 Å². The Labute approximate surface area is 105 Å². The highest BCUT2D eigenvalue weighted by Gasteiger charge is 2.05. The van der Waals surface area contributed by atoms with Crippen LogP contribution in [-0.4, -0.2) is 16.8 Å². The Morgan fingerprint density at radius 2 is 2.11 bits per heavy atom. The molecule has 1 aromatic carbocycles. The molecule has 18 heavy (non-hydrogen) atoms. The number of hydrogen-bond donors (Lipinski definition) is 1. The first-order valence-corrected chi connectivity index (χ1v) is 5.66. The summed E-state index contributed by atoms with van der Waals surface area (Å²) in [6, 6.07) is 10.5. The first-order chi connectivity index (χ1) is 8.74. The van der Waals surface area contributed by atoms with Gasteiger partial charge in [0.25, 0.3) is 5.56 Å². The van der Waals surface area contributed by atoms with E-state index in [1.165, 1.54) is 6.07 Å². The van der Waals surface area contributed by atoms with Crippen molar-refractivity contribution in [3.8, 4) is 5.75 Å². The summed E-state index contributed by atoms with van der Waals surface area (Å²) in [5.41, 5.74) is 1.64. The van der Waals surface area contributed by atoms with E-state index in [9.17, 15) is 4.79 Å². The lowest BCUT2D eigenvalue weighted by atomic mass is 10.1. The highest BCUT2D eigenvalue weighted by molar-refractivity contribution is 5.37. The van der Waals surface area contributed by atoms with E-state index in [0.29, 0.717) is 12.3 Å². The molecular weight excluding hydrogens is 230 g/mol. The molecule has 1 N–H and O–H groups in total. The summed E-state index contributed by atoms with van der Waals surface area (Å²) in [6.07, 6.45) is 1.74. The summed E-state index contributed by atoms with van der Waals surface area (Å²) in [4.78, 5) is 11.6. The number of aliphatic hydroxyl groups is 1. The zero-order valence-electron chi connectivity index (χ0n) is 10.2. The second-order valence-electron chi connectivity index (χ2n) is 3.97. The van der Waals surface area contributed by atoms with Gasteiger partial charge in [-0.15, -0.1) is 0 Å². The second-order valence-corrected chi connectivity index (χ2v) is 3.97. The average Bonchev–Trinajstić information content (AvgIpc) is 2.41. The quantitative estimate of drug-likeness (QED) is 0.885. The SMILES string of the molecule is COc1cc(CO)ccc1Cn1ccccc1=O. The third kappa shape index (κ3) is 2.60. The maximum Gasteiger partial charge on any atom is 0.250 e. The number of pyridine rings is 1. The minimum Gasteiger partial charge on any atom is -0.496 e. The topological polar surface area (TPSA) is 51.5 Å². The van der Waals surface area contributed by atoms with Gasteiger partial charge >= 0.3 is 0 Å². The van der Waals surface area contributed by atoms with Crippen molar-refractivity contribution >= 4 is 0 Å². The van der Waals surface area contributed by atoms with Crippen LogP contribution >= 0.6 is 0 Å². The van der Waals surface area contributed by atoms with Gasteiger partial charge in [0.15, 0.2) is 0 Å². The van der Waals surface area contributed by atoms with Gasteiger partial charge in [0, 0.05) is 17.8 Å². The van der Waals surface area contributed by atoms with E-state index in [-0.39, 0.29) is 12.2 Å². The fourth-order valence-corrected chi connectivity index (χ4v) is 1.79. The predicted octanol–water partition coefficient (Wildman–Crippen LogP) is 1.40. The van der Waals surface area contributed by atoms with Gasteiger partial charge in [-0.2, -0.15) is 0 Å². The zero-order chi connectivity index (χ0) is 13.0. The van der Waals surface area contributed by atoms with Crippen LogP contribution in [-0.2, 0) is 13.2 Å². The van der Waals surface area contributed by atoms with Crippen LogP contribution in [0.5, 0.6) is 5.75 Å². The molecule has 1 aromatic heterocycles. The molecule has 0 unspecified atom stereocenters. The molecule has 0 radical (unpaired) electrons. The van der Waals surface area contributed by atoms with E-state index in [0.717, 1.165) is 11.1 Å². The lowest BCUT2D eigenvalue weighted by Crippen LogP contribution is -2.18. The highest BCUT2D eigenvalue weighted by atomic mass is 16.5. The van der Waals surface area contributed by atoms with E-state index in [4.69, 9.17) is 9.84 Å². The molecule has 94 valence electrons. The lowest BCUT2D eigenvalue weighted by molar-refractivity contribution is 0.281. The third-order valence-electron chi connectivity index (χ3n) is 2.77. The van der Waals surface area contributed by atoms with E-state index >= 15 is 0 Å². The van der Waals surface area contributed by atoms with Crippen LogP contribution in [0.25, 0.3) is 0 Å². The molecule has 0 aliphatic heterocycles. The number of hydrogen-bond acceptors (Lipinski definition) is 3. The molecule has 4 nitrogen and oxygen atoms in total. The summed E-state index contributed by atoms with van der Waals surface area (Å²) in [7, 11) is 1.58. The number of methoxy groups -OCH3 is 1. The first-order valence-electron chi connectivity index (χ1n) is 5.66. The Kier molecular flexibility index (Phi) is 3.79. The lowest BCUT2D eigenvalue weighted by Gasteiger charge is -2.11. The van der Waals surface area contributed by atoms with Crippen LogP contribution in [0.4, 0.5) is 0 Å². The summed E-state index contributed by atoms with van der Waals surface area (Å²) in [6.45, 7) is 0.427. The van der Waals surface area contributed by atoms with Crippen molar-refractivity contribution in [3.05, 3.63) is 64.1 Å². The van der Waals surface area contributed by atoms with Gasteiger partial charge in [-0.25, -0.2) is 0 Å². The monoisotopic (exact) mass is 245 g/mol. The van der Waals surface area contributed by atoms with Crippen LogP contribution in [0.3, 0.4) is 0 Å². The molecule has 0 saturated carbocycles. The molecule has 0 aliphatic rings. The van der Waals surface area contributed by atoms with Gasteiger partial charge in [0.2, 0.25) is 0 Å². The van der Waals surface area contributed by atoms with Gasteiger partial charge in [-0.05, 0) is 17.7 Å². The van der Waals surface area contributed by atoms with Crippen LogP contribution in [0.1, 0.15) is 11.1 Å². The molecule has 0 amide bonds. The Morgan fingerprint density at radius 1 is 1.28 bits per heavy atom. The van der Waals surface area contributed by atoms with E-state index in [1.54, 1.807) is 30.0 Å². The molecule has 0 fully saturated rings. The maximum absolute atomic E-state index is 11.6. The summed E-state index contributed by atoms with van der Waals surface area (Å²) < 4.78 is 6.88. The van der Waals surface area contributed by atoms with Crippen molar-refractivity contribution in [2.24, 2.45) is 0 Å².